The van der Waals surface area contributed by atoms with Gasteiger partial charge in [0.1, 0.15) is 5.92 Å². The van der Waals surface area contributed by atoms with Crippen molar-refractivity contribution in [1.82, 2.24) is 4.57 Å². The Kier molecular flexibility index (Phi) is 4.16. The second kappa shape index (κ2) is 6.11. The summed E-state index contributed by atoms with van der Waals surface area (Å²) in [5, 5.41) is 1.08. The maximum atomic E-state index is 12.4. The van der Waals surface area contributed by atoms with Gasteiger partial charge in [-0.1, -0.05) is 25.1 Å². The van der Waals surface area contributed by atoms with Gasteiger partial charge in [-0.2, -0.15) is 0 Å². The predicted octanol–water partition coefficient (Wildman–Crippen LogP) is 3.18. The van der Waals surface area contributed by atoms with E-state index in [0.29, 0.717) is 12.8 Å². The summed E-state index contributed by atoms with van der Waals surface area (Å²) in [6.07, 6.45) is 3.54. The number of para-hydroxylation sites is 1. The molecule has 1 fully saturated rings. The molecule has 4 nitrogen and oxygen atoms in total. The summed E-state index contributed by atoms with van der Waals surface area (Å²) in [6.45, 7) is 1.88. The number of nitrogens with zero attached hydrogens (tertiary/aromatic N) is 1. The quantitative estimate of drug-likeness (QED) is 0.815. The minimum atomic E-state index is -1.01. The topological polar surface area (TPSA) is 56.1 Å². The van der Waals surface area contributed by atoms with Gasteiger partial charge in [-0.25, -0.2) is 0 Å². The molecule has 2 aromatic rings. The summed E-state index contributed by atoms with van der Waals surface area (Å²) in [7, 11) is 1.96. The number of ketones is 3. The molecule has 1 saturated carbocycles. The van der Waals surface area contributed by atoms with Crippen molar-refractivity contribution in [1.29, 1.82) is 0 Å². The molecule has 0 saturated heterocycles. The number of carbonyl (C=O) groups is 3. The van der Waals surface area contributed by atoms with Crippen LogP contribution in [0.3, 0.4) is 0 Å². The van der Waals surface area contributed by atoms with Crippen LogP contribution in [0.1, 0.15) is 44.1 Å². The predicted molar refractivity (Wildman–Crippen MR) is 88.3 cm³/mol. The second-order valence-electron chi connectivity index (χ2n) is 6.40. The number of Topliss-reactive ketones (excluding diaryl/α,β-unsaturated/α-hetero) is 3. The van der Waals surface area contributed by atoms with Gasteiger partial charge in [0.25, 0.3) is 0 Å². The number of fused-ring (bicyclic) bond motifs is 1. The zero-order valence-corrected chi connectivity index (χ0v) is 13.5. The van der Waals surface area contributed by atoms with Gasteiger partial charge in [0.05, 0.1) is 0 Å². The van der Waals surface area contributed by atoms with Gasteiger partial charge >= 0.3 is 0 Å². The van der Waals surface area contributed by atoms with E-state index in [1.54, 1.807) is 0 Å². The molecule has 0 spiro atoms. The van der Waals surface area contributed by atoms with Gasteiger partial charge < -0.3 is 4.57 Å². The van der Waals surface area contributed by atoms with E-state index >= 15 is 0 Å². The molecule has 23 heavy (non-hydrogen) atoms. The van der Waals surface area contributed by atoms with E-state index in [2.05, 4.69) is 0 Å². The molecule has 120 valence electrons. The molecule has 0 atom stereocenters. The normalized spacial score (nSPS) is 21.8. The average molecular weight is 311 g/mol. The molecule has 1 aromatic carbocycles. The zero-order valence-electron chi connectivity index (χ0n) is 13.5. The van der Waals surface area contributed by atoms with E-state index in [0.717, 1.165) is 16.5 Å². The van der Waals surface area contributed by atoms with Gasteiger partial charge in [-0.15, -0.1) is 0 Å². The van der Waals surface area contributed by atoms with Crippen molar-refractivity contribution < 1.29 is 14.4 Å². The van der Waals surface area contributed by atoms with Gasteiger partial charge in [0, 0.05) is 43.4 Å². The highest BCUT2D eigenvalue weighted by Crippen LogP contribution is 2.36. The molecule has 1 heterocycles. The molecular weight excluding hydrogens is 290 g/mol. The van der Waals surface area contributed by atoms with Crippen molar-refractivity contribution in [2.24, 2.45) is 13.0 Å². The molecule has 0 radical (unpaired) electrons. The lowest BCUT2D eigenvalue weighted by Gasteiger charge is -2.25. The molecule has 1 aliphatic carbocycles. The van der Waals surface area contributed by atoms with Crippen molar-refractivity contribution >= 4 is 28.3 Å². The summed E-state index contributed by atoms with van der Waals surface area (Å²) in [5.41, 5.74) is 2.12. The third kappa shape index (κ3) is 2.74. The Balaban J connectivity index is 1.90. The van der Waals surface area contributed by atoms with Crippen molar-refractivity contribution in [2.45, 2.75) is 38.5 Å². The molecule has 1 aromatic heterocycles. The number of hydrogen-bond donors (Lipinski definition) is 0. The number of benzene rings is 1. The van der Waals surface area contributed by atoms with E-state index in [4.69, 9.17) is 0 Å². The highest BCUT2D eigenvalue weighted by atomic mass is 16.2. The number of carbonyl (C=O) groups excluding carboxylic acids is 3. The number of aryl methyl sites for hydroxylation is 1. The first-order valence-corrected chi connectivity index (χ1v) is 8.15. The Morgan fingerprint density at radius 1 is 1.17 bits per heavy atom. The maximum Gasteiger partial charge on any atom is 0.151 e. The van der Waals surface area contributed by atoms with Crippen molar-refractivity contribution in [3.8, 4) is 0 Å². The molecule has 0 amide bonds. The van der Waals surface area contributed by atoms with Crippen LogP contribution in [0.5, 0.6) is 0 Å². The lowest BCUT2D eigenvalue weighted by molar-refractivity contribution is -0.142. The number of rotatable bonds is 4. The molecule has 0 bridgehead atoms. The second-order valence-corrected chi connectivity index (χ2v) is 6.40. The maximum absolute atomic E-state index is 12.4. The van der Waals surface area contributed by atoms with Crippen LogP contribution < -0.4 is 0 Å². The fraction of sp³-hybridized carbons (Fsp3) is 0.421. The molecule has 1 aliphatic rings. The highest BCUT2D eigenvalue weighted by Gasteiger charge is 2.40. The van der Waals surface area contributed by atoms with Crippen LogP contribution in [0.15, 0.2) is 30.5 Å². The summed E-state index contributed by atoms with van der Waals surface area (Å²) in [4.78, 5) is 36.8. The van der Waals surface area contributed by atoms with Crippen LogP contribution in [-0.4, -0.2) is 21.9 Å². The molecule has 0 N–H and O–H groups in total. The fourth-order valence-electron chi connectivity index (χ4n) is 3.64. The smallest absolute Gasteiger partial charge is 0.151 e. The van der Waals surface area contributed by atoms with Gasteiger partial charge in [0.2, 0.25) is 0 Å². The Morgan fingerprint density at radius 2 is 1.83 bits per heavy atom. The summed E-state index contributed by atoms with van der Waals surface area (Å²) < 4.78 is 2.02. The third-order valence-electron chi connectivity index (χ3n) is 4.73. The molecule has 0 aliphatic heterocycles. The monoisotopic (exact) mass is 311 g/mol. The van der Waals surface area contributed by atoms with Gasteiger partial charge in [0.15, 0.2) is 17.3 Å². The summed E-state index contributed by atoms with van der Waals surface area (Å²) in [6, 6.07) is 7.99. The first-order valence-electron chi connectivity index (χ1n) is 8.15. The Hall–Kier alpha value is -2.23. The minimum absolute atomic E-state index is 0.119. The average Bonchev–Trinajstić information content (AvgIpc) is 2.84. The van der Waals surface area contributed by atoms with E-state index in [1.165, 1.54) is 0 Å². The Morgan fingerprint density at radius 3 is 2.48 bits per heavy atom. The van der Waals surface area contributed by atoms with Gasteiger partial charge in [-0.3, -0.25) is 14.4 Å². The zero-order chi connectivity index (χ0) is 16.6. The van der Waals surface area contributed by atoms with Crippen LogP contribution in [0.4, 0.5) is 0 Å². The van der Waals surface area contributed by atoms with E-state index in [-0.39, 0.29) is 36.1 Å². The lowest BCUT2D eigenvalue weighted by atomic mass is 9.75. The van der Waals surface area contributed by atoms with E-state index in [1.807, 2.05) is 49.0 Å². The summed E-state index contributed by atoms with van der Waals surface area (Å²) in [5.74, 6) is -1.76. The molecule has 0 unspecified atom stereocenters. The van der Waals surface area contributed by atoms with Crippen LogP contribution in [0, 0.1) is 5.92 Å². The van der Waals surface area contributed by atoms with E-state index in [9.17, 15) is 14.4 Å². The fourth-order valence-corrected chi connectivity index (χ4v) is 3.64. The number of aromatic nitrogens is 1. The van der Waals surface area contributed by atoms with Crippen molar-refractivity contribution in [2.75, 3.05) is 0 Å². The standard InChI is InChI=1S/C19H21NO3/c1-3-6-16(21)19-17(22)9-12(10-18(19)23)14-11-20(2)15-8-5-4-7-13(14)15/h4-5,7-8,11-12,19H,3,6,9-10H2,1-2H3. The van der Waals surface area contributed by atoms with Crippen LogP contribution in [-0.2, 0) is 21.4 Å². The highest BCUT2D eigenvalue weighted by molar-refractivity contribution is 6.21. The summed E-state index contributed by atoms with van der Waals surface area (Å²) >= 11 is 0. The molecular formula is C19H21NO3. The SMILES string of the molecule is CCCC(=O)C1C(=O)CC(c2cn(C)c3ccccc23)CC1=O. The number of hydrogen-bond acceptors (Lipinski definition) is 3. The van der Waals surface area contributed by atoms with Crippen molar-refractivity contribution in [3.63, 3.8) is 0 Å². The van der Waals surface area contributed by atoms with E-state index < -0.39 is 5.92 Å². The lowest BCUT2D eigenvalue weighted by Crippen LogP contribution is -2.37. The molecule has 3 rings (SSSR count). The minimum Gasteiger partial charge on any atom is -0.350 e. The first kappa shape index (κ1) is 15.7. The van der Waals surface area contributed by atoms with Crippen LogP contribution in [0.25, 0.3) is 10.9 Å². The van der Waals surface area contributed by atoms with Gasteiger partial charge in [-0.05, 0) is 24.0 Å². The first-order chi connectivity index (χ1) is 11.0. The Bertz CT molecular complexity index is 769. The molecule has 4 heteroatoms. The Labute approximate surface area is 135 Å². The largest absolute Gasteiger partial charge is 0.350 e. The third-order valence-corrected chi connectivity index (χ3v) is 4.73. The van der Waals surface area contributed by atoms with Crippen LogP contribution >= 0.6 is 0 Å². The van der Waals surface area contributed by atoms with Crippen LogP contribution in [0.2, 0.25) is 0 Å². The van der Waals surface area contributed by atoms with Crippen molar-refractivity contribution in [3.05, 3.63) is 36.0 Å².